The molecule has 9 nitrogen and oxygen atoms in total. The molecule has 1 aliphatic rings. The van der Waals surface area contributed by atoms with E-state index in [2.05, 4.69) is 20.6 Å². The number of sulfone groups is 1. The lowest BCUT2D eigenvalue weighted by molar-refractivity contribution is -0.125. The average molecular weight is 518 g/mol. The van der Waals surface area contributed by atoms with Crippen LogP contribution >= 0.6 is 0 Å². The fourth-order valence-corrected chi connectivity index (χ4v) is 5.34. The second-order valence-corrected chi connectivity index (χ2v) is 11.8. The van der Waals surface area contributed by atoms with Gasteiger partial charge in [0.2, 0.25) is 5.91 Å². The van der Waals surface area contributed by atoms with Crippen molar-refractivity contribution in [1.29, 1.82) is 0 Å². The van der Waals surface area contributed by atoms with E-state index in [-0.39, 0.29) is 23.7 Å². The number of nitrogens with one attached hydrogen (secondary N) is 2. The van der Waals surface area contributed by atoms with Crippen molar-refractivity contribution in [2.75, 3.05) is 23.9 Å². The Bertz CT molecular complexity index is 1390. The highest BCUT2D eigenvalue weighted by atomic mass is 32.2. The summed E-state index contributed by atoms with van der Waals surface area (Å²) in [5.74, 6) is 0.276. The Morgan fingerprint density at radius 3 is 2.81 bits per heavy atom. The molecule has 1 aromatic carbocycles. The van der Waals surface area contributed by atoms with Crippen molar-refractivity contribution in [3.8, 4) is 5.75 Å². The van der Waals surface area contributed by atoms with Gasteiger partial charge in [-0.1, -0.05) is 0 Å². The van der Waals surface area contributed by atoms with Crippen LogP contribution in [0.2, 0.25) is 0 Å². The van der Waals surface area contributed by atoms with Crippen molar-refractivity contribution < 1.29 is 22.3 Å². The third-order valence-electron chi connectivity index (χ3n) is 6.30. The summed E-state index contributed by atoms with van der Waals surface area (Å²) in [6.45, 7) is 4.07. The lowest BCUT2D eigenvalue weighted by Crippen LogP contribution is -2.35. The Hall–Kier alpha value is -3.21. The van der Waals surface area contributed by atoms with Gasteiger partial charge < -0.3 is 19.9 Å². The summed E-state index contributed by atoms with van der Waals surface area (Å²) in [7, 11) is -1.10. The van der Waals surface area contributed by atoms with Crippen LogP contribution in [0.5, 0.6) is 5.75 Å². The van der Waals surface area contributed by atoms with Gasteiger partial charge in [0.25, 0.3) is 0 Å². The molecule has 0 fully saturated rings. The minimum atomic E-state index is -3.06. The van der Waals surface area contributed by atoms with Crippen molar-refractivity contribution in [2.45, 2.75) is 45.6 Å². The molecular weight excluding hydrogens is 485 g/mol. The van der Waals surface area contributed by atoms with Gasteiger partial charge in [0.05, 0.1) is 22.9 Å². The predicted molar refractivity (Wildman–Crippen MR) is 137 cm³/mol. The fourth-order valence-electron chi connectivity index (χ4n) is 4.67. The van der Waals surface area contributed by atoms with Crippen LogP contribution in [0, 0.1) is 11.7 Å². The number of benzene rings is 1. The summed E-state index contributed by atoms with van der Waals surface area (Å²) in [5, 5.41) is 7.01. The Kier molecular flexibility index (Phi) is 7.49. The van der Waals surface area contributed by atoms with Crippen LogP contribution in [0.15, 0.2) is 24.5 Å². The number of carbonyl (C=O) groups excluding carboxylic acids is 1. The molecule has 0 saturated heterocycles. The Morgan fingerprint density at radius 2 is 2.08 bits per heavy atom. The molecule has 2 aromatic heterocycles. The smallest absolute Gasteiger partial charge is 0.223 e. The molecule has 3 aromatic rings. The Labute approximate surface area is 210 Å². The van der Waals surface area contributed by atoms with Crippen LogP contribution in [0.4, 0.5) is 15.9 Å². The molecule has 2 heterocycles. The molecule has 11 heteroatoms. The topological polar surface area (TPSA) is 115 Å². The molecule has 4 rings (SSSR count). The quantitative estimate of drug-likeness (QED) is 0.419. The number of hydrogen-bond acceptors (Lipinski definition) is 7. The monoisotopic (exact) mass is 517 g/mol. The van der Waals surface area contributed by atoms with Crippen molar-refractivity contribution in [2.24, 2.45) is 13.0 Å². The first-order valence-electron chi connectivity index (χ1n) is 12.0. The lowest BCUT2D eigenvalue weighted by atomic mass is 9.86. The van der Waals surface area contributed by atoms with Crippen molar-refractivity contribution in [3.05, 3.63) is 41.6 Å². The largest absolute Gasteiger partial charge is 0.489 e. The zero-order valence-electron chi connectivity index (χ0n) is 21.0. The van der Waals surface area contributed by atoms with Crippen LogP contribution < -0.4 is 15.4 Å². The van der Waals surface area contributed by atoms with E-state index in [0.29, 0.717) is 49.5 Å². The number of aromatic nitrogens is 3. The maximum absolute atomic E-state index is 13.9. The molecule has 1 unspecified atom stereocenters. The highest BCUT2D eigenvalue weighted by Crippen LogP contribution is 2.38. The van der Waals surface area contributed by atoms with Crippen molar-refractivity contribution >= 4 is 38.3 Å². The molecule has 1 amide bonds. The highest BCUT2D eigenvalue weighted by Gasteiger charge is 2.30. The van der Waals surface area contributed by atoms with Crippen LogP contribution in [-0.2, 0) is 34.5 Å². The van der Waals surface area contributed by atoms with E-state index in [4.69, 9.17) is 4.74 Å². The summed E-state index contributed by atoms with van der Waals surface area (Å²) >= 11 is 0. The van der Waals surface area contributed by atoms with E-state index in [0.717, 1.165) is 22.3 Å². The van der Waals surface area contributed by atoms with Crippen LogP contribution in [0.25, 0.3) is 11.0 Å². The number of ether oxygens (including phenoxy) is 1. The summed E-state index contributed by atoms with van der Waals surface area (Å²) in [6.07, 6.45) is 4.84. The van der Waals surface area contributed by atoms with Gasteiger partial charge in [-0.05, 0) is 57.2 Å². The second-order valence-electron chi connectivity index (χ2n) is 9.55. The van der Waals surface area contributed by atoms with E-state index in [1.807, 2.05) is 25.5 Å². The molecule has 36 heavy (non-hydrogen) atoms. The summed E-state index contributed by atoms with van der Waals surface area (Å²) < 4.78 is 44.4. The molecule has 0 spiro atoms. The number of aryl methyl sites for hydroxylation is 1. The predicted octanol–water partition coefficient (Wildman–Crippen LogP) is 3.29. The van der Waals surface area contributed by atoms with E-state index in [9.17, 15) is 17.6 Å². The van der Waals surface area contributed by atoms with E-state index >= 15 is 0 Å². The third-order valence-corrected chi connectivity index (χ3v) is 7.33. The number of amides is 1. The highest BCUT2D eigenvalue weighted by molar-refractivity contribution is 7.90. The molecule has 0 radical (unpaired) electrons. The molecule has 0 aliphatic heterocycles. The van der Waals surface area contributed by atoms with E-state index in [1.165, 1.54) is 24.7 Å². The Balaban J connectivity index is 1.61. The van der Waals surface area contributed by atoms with E-state index in [1.54, 1.807) is 6.07 Å². The molecular formula is C25H32FN5O4S. The average Bonchev–Trinajstić information content (AvgIpc) is 3.10. The zero-order chi connectivity index (χ0) is 26.0. The van der Waals surface area contributed by atoms with Gasteiger partial charge in [-0.2, -0.15) is 0 Å². The summed E-state index contributed by atoms with van der Waals surface area (Å²) in [6, 6.07) is 4.31. The second kappa shape index (κ2) is 10.4. The first-order valence-corrected chi connectivity index (χ1v) is 14.1. The minimum absolute atomic E-state index is 0.0453. The van der Waals surface area contributed by atoms with Gasteiger partial charge >= 0.3 is 0 Å². The fraction of sp³-hybridized carbons (Fsp3) is 0.480. The lowest BCUT2D eigenvalue weighted by Gasteiger charge is -2.23. The number of nitrogens with zero attached hydrogens (tertiary/aromatic N) is 3. The van der Waals surface area contributed by atoms with Gasteiger partial charge in [0.15, 0.2) is 0 Å². The summed E-state index contributed by atoms with van der Waals surface area (Å²) in [4.78, 5) is 21.8. The van der Waals surface area contributed by atoms with Gasteiger partial charge in [-0.25, -0.2) is 22.8 Å². The number of anilines is 2. The number of hydrogen-bond donors (Lipinski definition) is 2. The number of halogens is 1. The normalized spacial score (nSPS) is 15.7. The Morgan fingerprint density at radius 1 is 1.31 bits per heavy atom. The summed E-state index contributed by atoms with van der Waals surface area (Å²) in [5.41, 5.74) is 3.44. The van der Waals surface area contributed by atoms with Gasteiger partial charge in [-0.3, -0.25) is 4.79 Å². The number of carbonyl (C=O) groups is 1. The maximum atomic E-state index is 13.9. The number of rotatable bonds is 9. The van der Waals surface area contributed by atoms with Crippen LogP contribution in [0.1, 0.15) is 37.9 Å². The molecule has 1 aliphatic carbocycles. The standard InChI is InChI=1S/C25H32FN5O4S/c1-15(2)35-21-13-17(26)7-8-19(21)30-23-22-18-12-16(25(32)27-10-5-11-36(4,33)34)6-9-20(18)31(3)24(22)29-14-28-23/h7-8,13-16H,5-6,9-12H2,1-4H3,(H,27,32)(H,28,29,30). The molecule has 194 valence electrons. The van der Waals surface area contributed by atoms with Crippen LogP contribution in [-0.4, -0.2) is 53.5 Å². The molecule has 2 N–H and O–H groups in total. The van der Waals surface area contributed by atoms with Crippen LogP contribution in [0.3, 0.4) is 0 Å². The zero-order valence-corrected chi connectivity index (χ0v) is 21.8. The molecule has 1 atom stereocenters. The number of fused-ring (bicyclic) bond motifs is 3. The maximum Gasteiger partial charge on any atom is 0.223 e. The van der Waals surface area contributed by atoms with E-state index < -0.39 is 15.7 Å². The van der Waals surface area contributed by atoms with Gasteiger partial charge in [0.1, 0.15) is 39.2 Å². The van der Waals surface area contributed by atoms with Crippen molar-refractivity contribution in [3.63, 3.8) is 0 Å². The minimum Gasteiger partial charge on any atom is -0.489 e. The van der Waals surface area contributed by atoms with Gasteiger partial charge in [-0.15, -0.1) is 0 Å². The SMILES string of the molecule is CC(C)Oc1cc(F)ccc1Nc1ncnc2c1c1c(n2C)CCC(C(=O)NCCCS(C)(=O)=O)C1. The first kappa shape index (κ1) is 25.9. The van der Waals surface area contributed by atoms with Crippen molar-refractivity contribution in [1.82, 2.24) is 19.9 Å². The first-order chi connectivity index (χ1) is 17.0. The molecule has 0 bridgehead atoms. The third kappa shape index (κ3) is 5.77. The molecule has 0 saturated carbocycles. The van der Waals surface area contributed by atoms with Gasteiger partial charge in [0, 0.05) is 37.5 Å².